The molecule has 1 fully saturated rings. The molecule has 1 unspecified atom stereocenters. The Bertz CT molecular complexity index is 2270. The van der Waals surface area contributed by atoms with E-state index in [9.17, 15) is 14.2 Å². The lowest BCUT2D eigenvalue weighted by molar-refractivity contribution is -0.118. The lowest BCUT2D eigenvalue weighted by Gasteiger charge is -2.40. The summed E-state index contributed by atoms with van der Waals surface area (Å²) < 4.78 is 59.4. The number of hydrogen-bond donors (Lipinski definition) is 2. The molecule has 15 nitrogen and oxygen atoms in total. The molecule has 6 rings (SSSR count). The summed E-state index contributed by atoms with van der Waals surface area (Å²) >= 11 is 0. The maximum absolute atomic E-state index is 13.5. The second-order valence-corrected chi connectivity index (χ2v) is 22.0. The predicted octanol–water partition coefficient (Wildman–Crippen LogP) is 8.11. The van der Waals surface area contributed by atoms with Crippen molar-refractivity contribution >= 4 is 39.6 Å². The number of aromatic amines is 1. The first-order valence-corrected chi connectivity index (χ1v) is 23.9. The van der Waals surface area contributed by atoms with Gasteiger partial charge in [0.15, 0.2) is 31.8 Å². The summed E-state index contributed by atoms with van der Waals surface area (Å²) in [5.74, 6) is 0.583. The van der Waals surface area contributed by atoms with Gasteiger partial charge in [-0.25, -0.2) is 4.98 Å². The van der Waals surface area contributed by atoms with Crippen LogP contribution in [0.4, 0.5) is 5.95 Å². The fraction of sp³-hybridized carbons (Fsp3) is 0.442. The smallest absolute Gasteiger partial charge is 0.497 e. The van der Waals surface area contributed by atoms with E-state index in [2.05, 4.69) is 54.1 Å². The molecule has 3 heterocycles. The van der Waals surface area contributed by atoms with Crippen molar-refractivity contribution < 1.29 is 41.8 Å². The Morgan fingerprint density at radius 1 is 0.933 bits per heavy atom. The van der Waals surface area contributed by atoms with Gasteiger partial charge in [0.2, 0.25) is 11.9 Å². The van der Waals surface area contributed by atoms with Gasteiger partial charge in [-0.2, -0.15) is 4.98 Å². The van der Waals surface area contributed by atoms with Crippen LogP contribution in [0.3, 0.4) is 0 Å². The van der Waals surface area contributed by atoms with Gasteiger partial charge in [0.25, 0.3) is 5.56 Å². The number of nitrogens with zero attached hydrogens (tertiary/aromatic N) is 3. The monoisotopic (exact) mass is 860 g/mol. The molecular weight excluding hydrogens is 806 g/mol. The molecule has 5 atom stereocenters. The quantitative estimate of drug-likeness (QED) is 0.0523. The first-order chi connectivity index (χ1) is 28.5. The van der Waals surface area contributed by atoms with E-state index in [4.69, 9.17) is 32.4 Å². The third-order valence-corrected chi connectivity index (χ3v) is 16.4. The molecule has 0 spiro atoms. The summed E-state index contributed by atoms with van der Waals surface area (Å²) in [4.78, 5) is 37.7. The average molecular weight is 861 g/mol. The van der Waals surface area contributed by atoms with Crippen molar-refractivity contribution in [2.24, 2.45) is 5.92 Å². The van der Waals surface area contributed by atoms with Gasteiger partial charge in [0, 0.05) is 10.5 Å². The highest BCUT2D eigenvalue weighted by Gasteiger charge is 2.56. The number of amides is 1. The number of carbonyl (C=O) groups excluding carboxylic acids is 1. The minimum atomic E-state index is -2.66. The van der Waals surface area contributed by atoms with Crippen molar-refractivity contribution in [3.05, 3.63) is 112 Å². The molecule has 0 bridgehead atoms. The Morgan fingerprint density at radius 2 is 1.52 bits per heavy atom. The molecule has 1 amide bonds. The second-order valence-electron chi connectivity index (χ2n) is 16.3. The Hall–Kier alpha value is -4.80. The molecule has 320 valence electrons. The number of H-pyrrole nitrogens is 1. The Kier molecular flexibility index (Phi) is 13.8. The van der Waals surface area contributed by atoms with Crippen LogP contribution in [0.5, 0.6) is 11.5 Å². The SMILES string of the molecule is CCO[P+](=O)O[C@H]1[C@@H](O[Si](C)(C)C(C)(C)C)[C@H](n2cnc3c(=O)[nH]c(NC(=O)C(C)C)nc32)O[C@@H]1COC(c1ccccc1)(c1ccc(OC)cc1)c1ccc(OC)cc1. The maximum atomic E-state index is 13.5. The Labute approximate surface area is 352 Å². The molecule has 0 saturated carbocycles. The van der Waals surface area contributed by atoms with E-state index in [-0.39, 0.29) is 47.2 Å². The molecule has 3 aromatic carbocycles. The zero-order valence-corrected chi connectivity index (χ0v) is 37.6. The molecule has 1 aliphatic heterocycles. The zero-order valence-electron chi connectivity index (χ0n) is 35.8. The third kappa shape index (κ3) is 9.25. The van der Waals surface area contributed by atoms with E-state index in [1.807, 2.05) is 78.9 Å². The number of hydrogen-bond acceptors (Lipinski definition) is 12. The molecule has 5 aromatic rings. The van der Waals surface area contributed by atoms with Crippen molar-refractivity contribution in [1.29, 1.82) is 0 Å². The molecule has 0 radical (unpaired) electrons. The van der Waals surface area contributed by atoms with Gasteiger partial charge in [-0.15, -0.1) is 9.05 Å². The van der Waals surface area contributed by atoms with Gasteiger partial charge in [-0.05, 0) is 66.0 Å². The largest absolute Gasteiger partial charge is 0.697 e. The second kappa shape index (κ2) is 18.4. The van der Waals surface area contributed by atoms with Crippen LogP contribution in [-0.2, 0) is 37.9 Å². The number of methoxy groups -OCH3 is 2. The van der Waals surface area contributed by atoms with Gasteiger partial charge >= 0.3 is 8.25 Å². The van der Waals surface area contributed by atoms with Gasteiger partial charge in [0.05, 0.1) is 27.2 Å². The van der Waals surface area contributed by atoms with Gasteiger partial charge in [0.1, 0.15) is 35.9 Å². The highest BCUT2D eigenvalue weighted by molar-refractivity contribution is 7.33. The maximum Gasteiger partial charge on any atom is 0.697 e. The lowest BCUT2D eigenvalue weighted by Crippen LogP contribution is -2.49. The van der Waals surface area contributed by atoms with Crippen LogP contribution in [0.1, 0.15) is 64.5 Å². The summed E-state index contributed by atoms with van der Waals surface area (Å²) in [7, 11) is -2.10. The molecule has 0 aliphatic carbocycles. The number of ether oxygens (including phenoxy) is 4. The normalized spacial score (nSPS) is 18.8. The molecule has 60 heavy (non-hydrogen) atoms. The number of imidazole rings is 1. The van der Waals surface area contributed by atoms with E-state index in [0.717, 1.165) is 16.7 Å². The van der Waals surface area contributed by atoms with Crippen molar-refractivity contribution in [3.8, 4) is 11.5 Å². The molecule has 2 N–H and O–H groups in total. The number of nitrogens with one attached hydrogen (secondary N) is 2. The van der Waals surface area contributed by atoms with Crippen LogP contribution >= 0.6 is 8.25 Å². The molecule has 1 saturated heterocycles. The average Bonchev–Trinajstić information content (AvgIpc) is 3.79. The van der Waals surface area contributed by atoms with Crippen LogP contribution < -0.4 is 20.3 Å². The third-order valence-electron chi connectivity index (χ3n) is 11.1. The summed E-state index contributed by atoms with van der Waals surface area (Å²) in [6, 6.07) is 25.1. The minimum Gasteiger partial charge on any atom is -0.497 e. The van der Waals surface area contributed by atoms with Crippen molar-refractivity contribution in [2.75, 3.05) is 32.8 Å². The number of rotatable bonds is 17. The van der Waals surface area contributed by atoms with Gasteiger partial charge in [-0.3, -0.25) is 24.5 Å². The van der Waals surface area contributed by atoms with E-state index < -0.39 is 52.3 Å². The molecule has 2 aromatic heterocycles. The number of carbonyl (C=O) groups is 1. The standard InChI is InChI=1S/C43H54N5O10PSi/c1-11-55-59(51)57-35-33(25-54-43(28-15-13-12-14-16-28,29-17-21-31(52-7)22-18-29)30-19-23-32(53-8)24-20-30)56-40(36(35)58-60(9,10)42(4,5)6)48-26-44-34-37(48)45-41(47-39(34)50)46-38(49)27(2)3/h12-24,26-27,33,35-36,40H,11,25H2,1-10H3,(H-,45,46,47,49,50)/p+1/t33-,35-,36-,40-/m1/s1. The fourth-order valence-corrected chi connectivity index (χ4v) is 8.80. The summed E-state index contributed by atoms with van der Waals surface area (Å²) in [6.07, 6.45) is -2.48. The number of fused-ring (bicyclic) bond motifs is 1. The Morgan fingerprint density at radius 3 is 2.05 bits per heavy atom. The molecule has 1 aliphatic rings. The van der Waals surface area contributed by atoms with Crippen LogP contribution in [0.25, 0.3) is 11.2 Å². The fourth-order valence-electron chi connectivity index (χ4n) is 6.79. The number of benzene rings is 3. The van der Waals surface area contributed by atoms with E-state index in [1.165, 1.54) is 6.33 Å². The topological polar surface area (TPSA) is 174 Å². The highest BCUT2D eigenvalue weighted by Crippen LogP contribution is 2.47. The first kappa shape index (κ1) is 44.7. The van der Waals surface area contributed by atoms with Crippen molar-refractivity contribution in [3.63, 3.8) is 0 Å². The van der Waals surface area contributed by atoms with E-state index >= 15 is 0 Å². The van der Waals surface area contributed by atoms with Crippen LogP contribution in [0, 0.1) is 5.92 Å². The summed E-state index contributed by atoms with van der Waals surface area (Å²) in [6.45, 7) is 15.7. The van der Waals surface area contributed by atoms with E-state index in [0.29, 0.717) is 11.5 Å². The number of anilines is 1. The minimum absolute atomic E-state index is 0.0203. The van der Waals surface area contributed by atoms with E-state index in [1.54, 1.807) is 39.6 Å². The summed E-state index contributed by atoms with van der Waals surface area (Å²) in [5.41, 5.74) is 0.771. The van der Waals surface area contributed by atoms with Crippen LogP contribution in [0.2, 0.25) is 18.1 Å². The van der Waals surface area contributed by atoms with Crippen molar-refractivity contribution in [2.45, 2.75) is 89.8 Å². The van der Waals surface area contributed by atoms with Gasteiger partial charge in [-0.1, -0.05) is 89.2 Å². The Balaban J connectivity index is 1.52. The van der Waals surface area contributed by atoms with Crippen LogP contribution in [-0.4, -0.2) is 79.5 Å². The molecular formula is C43H55N5O10PSi+. The predicted molar refractivity (Wildman–Crippen MR) is 230 cm³/mol. The highest BCUT2D eigenvalue weighted by atomic mass is 31.1. The number of aromatic nitrogens is 4. The lowest BCUT2D eigenvalue weighted by atomic mass is 9.80. The first-order valence-electron chi connectivity index (χ1n) is 19.9. The van der Waals surface area contributed by atoms with Gasteiger partial charge < -0.3 is 23.4 Å². The zero-order chi connectivity index (χ0) is 43.4. The summed E-state index contributed by atoms with van der Waals surface area (Å²) in [5, 5.41) is 2.41. The van der Waals surface area contributed by atoms with Crippen molar-refractivity contribution in [1.82, 2.24) is 19.5 Å². The molecule has 17 heteroatoms. The van der Waals surface area contributed by atoms with Crippen LogP contribution in [0.15, 0.2) is 90.0 Å².